The van der Waals surface area contributed by atoms with E-state index in [2.05, 4.69) is 24.5 Å². The number of thiophene rings is 1. The fourth-order valence-corrected chi connectivity index (χ4v) is 11.1. The Morgan fingerprint density at radius 3 is 2.68 bits per heavy atom. The Kier molecular flexibility index (Phi) is 10.1. The van der Waals surface area contributed by atoms with Crippen molar-refractivity contribution >= 4 is 28.2 Å². The number of benzene rings is 1. The lowest BCUT2D eigenvalue weighted by Gasteiger charge is -2.53. The molecule has 7 atom stereocenters. The van der Waals surface area contributed by atoms with E-state index in [1.807, 2.05) is 17.5 Å². The standard InChI is InChI=1S/C34H43F5N2O4S2/c1-32-13-9-26-25-6-5-24(45-31(42)41-14-10-28-22(20-41)11-15-46-28)19-23(25)18-21(30(26)27(32)7-8-29(32)40-43)4-2-16-47(44)17-3-12-33(35,36)34(37,38)39/h5-6,11,15,19,21,26-27,29-30,40,43H,2-4,7-10,12-14,16-18,20H2,1H3/t21-,26-,27+,29?,30-,32+,47?/m1/s1. The maximum Gasteiger partial charge on any atom is 0.453 e. The largest absolute Gasteiger partial charge is 0.453 e. The van der Waals surface area contributed by atoms with E-state index in [9.17, 15) is 36.2 Å². The van der Waals surface area contributed by atoms with Gasteiger partial charge in [-0.2, -0.15) is 22.0 Å². The second-order valence-electron chi connectivity index (χ2n) is 14.1. The van der Waals surface area contributed by atoms with Crippen LogP contribution in [0.1, 0.15) is 85.8 Å². The van der Waals surface area contributed by atoms with Gasteiger partial charge in [-0.1, -0.05) is 13.0 Å². The summed E-state index contributed by atoms with van der Waals surface area (Å²) in [5, 5.41) is 12.0. The molecule has 6 nitrogen and oxygen atoms in total. The second-order valence-corrected chi connectivity index (χ2v) is 16.8. The molecule has 0 spiro atoms. The third-order valence-corrected chi connectivity index (χ3v) is 14.0. The van der Waals surface area contributed by atoms with Crippen LogP contribution in [-0.2, 0) is 30.2 Å². The van der Waals surface area contributed by atoms with Gasteiger partial charge in [-0.05, 0) is 127 Å². The molecule has 2 unspecified atom stereocenters. The van der Waals surface area contributed by atoms with Gasteiger partial charge in [-0.15, -0.1) is 11.3 Å². The molecule has 2 saturated carbocycles. The van der Waals surface area contributed by atoms with Crippen molar-refractivity contribution in [3.63, 3.8) is 0 Å². The molecule has 0 saturated heterocycles. The minimum Gasteiger partial charge on any atom is -0.410 e. The summed E-state index contributed by atoms with van der Waals surface area (Å²) in [7, 11) is -1.49. The number of nitrogens with one attached hydrogen (secondary N) is 1. The Morgan fingerprint density at radius 1 is 1.13 bits per heavy atom. The molecule has 0 radical (unpaired) electrons. The van der Waals surface area contributed by atoms with Crippen LogP contribution in [0.15, 0.2) is 29.6 Å². The summed E-state index contributed by atoms with van der Waals surface area (Å²) in [6, 6.07) is 8.04. The van der Waals surface area contributed by atoms with Gasteiger partial charge in [0.05, 0.1) is 6.54 Å². The minimum absolute atomic E-state index is 0.0135. The lowest BCUT2D eigenvalue weighted by atomic mass is 9.52. The van der Waals surface area contributed by atoms with E-state index < -0.39 is 35.7 Å². The van der Waals surface area contributed by atoms with Crippen LogP contribution in [0.5, 0.6) is 5.75 Å². The van der Waals surface area contributed by atoms with Gasteiger partial charge in [0, 0.05) is 46.2 Å². The molecule has 1 aromatic heterocycles. The van der Waals surface area contributed by atoms with Crippen molar-refractivity contribution in [1.82, 2.24) is 10.4 Å². The zero-order chi connectivity index (χ0) is 33.6. The van der Waals surface area contributed by atoms with E-state index in [0.29, 0.717) is 43.0 Å². The first-order valence-corrected chi connectivity index (χ1v) is 19.0. The predicted molar refractivity (Wildman–Crippen MR) is 170 cm³/mol. The highest BCUT2D eigenvalue weighted by molar-refractivity contribution is 7.84. The number of hydroxylamine groups is 1. The summed E-state index contributed by atoms with van der Waals surface area (Å²) in [6.45, 7) is 3.40. The van der Waals surface area contributed by atoms with Crippen molar-refractivity contribution in [2.75, 3.05) is 18.1 Å². The number of carbonyl (C=O) groups excluding carboxylic acids is 1. The lowest BCUT2D eigenvalue weighted by molar-refractivity contribution is -0.284. The average molecular weight is 703 g/mol. The molecule has 6 rings (SSSR count). The van der Waals surface area contributed by atoms with E-state index in [4.69, 9.17) is 4.74 Å². The fraction of sp³-hybridized carbons (Fsp3) is 0.676. The Balaban J connectivity index is 1.14. The van der Waals surface area contributed by atoms with Crippen LogP contribution in [0.3, 0.4) is 0 Å². The number of alkyl halides is 5. The number of halogens is 5. The lowest BCUT2D eigenvalue weighted by Crippen LogP contribution is -2.50. The summed E-state index contributed by atoms with van der Waals surface area (Å²) in [5.41, 5.74) is 6.07. The molecule has 2 fully saturated rings. The average Bonchev–Trinajstić information content (AvgIpc) is 3.63. The number of nitrogens with zero attached hydrogens (tertiary/aromatic N) is 1. The Morgan fingerprint density at radius 2 is 1.91 bits per heavy atom. The highest BCUT2D eigenvalue weighted by atomic mass is 32.2. The Bertz CT molecular complexity index is 1470. The van der Waals surface area contributed by atoms with Gasteiger partial charge >= 0.3 is 18.2 Å². The zero-order valence-electron chi connectivity index (χ0n) is 26.5. The van der Waals surface area contributed by atoms with Crippen molar-refractivity contribution in [3.8, 4) is 5.75 Å². The van der Waals surface area contributed by atoms with Gasteiger partial charge < -0.3 is 14.8 Å². The maximum absolute atomic E-state index is 13.3. The second kappa shape index (κ2) is 13.7. The first-order chi connectivity index (χ1) is 22.3. The van der Waals surface area contributed by atoms with E-state index in [1.54, 1.807) is 16.2 Å². The number of ether oxygens (including phenoxy) is 1. The number of fused-ring (bicyclic) bond motifs is 6. The number of hydrogen-bond donors (Lipinski definition) is 2. The van der Waals surface area contributed by atoms with Gasteiger partial charge in [0.1, 0.15) is 5.75 Å². The molecule has 260 valence electrons. The van der Waals surface area contributed by atoms with Crippen molar-refractivity contribution in [3.05, 3.63) is 51.2 Å². The summed E-state index contributed by atoms with van der Waals surface area (Å²) < 4.78 is 82.7. The molecule has 2 heterocycles. The van der Waals surface area contributed by atoms with Crippen LogP contribution in [-0.4, -0.2) is 56.6 Å². The molecule has 3 aliphatic carbocycles. The molecule has 13 heteroatoms. The highest BCUT2D eigenvalue weighted by Crippen LogP contribution is 2.62. The van der Waals surface area contributed by atoms with Crippen molar-refractivity contribution in [1.29, 1.82) is 0 Å². The van der Waals surface area contributed by atoms with Crippen LogP contribution in [0.4, 0.5) is 26.7 Å². The Labute approximate surface area is 278 Å². The normalized spacial score (nSPS) is 29.4. The molecule has 2 aromatic rings. The summed E-state index contributed by atoms with van der Waals surface area (Å²) in [5.74, 6) is -2.98. The molecular formula is C34H43F5N2O4S2. The van der Waals surface area contributed by atoms with Crippen molar-refractivity contribution in [2.45, 2.75) is 102 Å². The quantitative estimate of drug-likeness (QED) is 0.193. The molecule has 1 aliphatic heterocycles. The molecular weight excluding hydrogens is 660 g/mol. The van der Waals surface area contributed by atoms with E-state index in [0.717, 1.165) is 56.1 Å². The first kappa shape index (κ1) is 34.8. The highest BCUT2D eigenvalue weighted by Gasteiger charge is 2.57. The predicted octanol–water partition coefficient (Wildman–Crippen LogP) is 8.24. The van der Waals surface area contributed by atoms with Crippen LogP contribution in [0, 0.1) is 23.2 Å². The maximum atomic E-state index is 13.3. The number of rotatable bonds is 10. The van der Waals surface area contributed by atoms with Crippen LogP contribution >= 0.6 is 11.3 Å². The van der Waals surface area contributed by atoms with E-state index in [1.165, 1.54) is 10.4 Å². The van der Waals surface area contributed by atoms with Gasteiger partial charge in [0.25, 0.3) is 0 Å². The van der Waals surface area contributed by atoms with E-state index in [-0.39, 0.29) is 35.0 Å². The SMILES string of the molecule is C[C@]12CC[C@@H]3c4ccc(OC(=O)N5CCc6sccc6C5)cc4C[C@@H](CCCS(=O)CCCC(F)(F)C(F)(F)F)[C@H]3[C@@H]1CCC2NO. The monoisotopic (exact) mass is 702 g/mol. The van der Waals surface area contributed by atoms with Crippen molar-refractivity contribution in [2.24, 2.45) is 23.2 Å². The first-order valence-electron chi connectivity index (χ1n) is 16.6. The van der Waals surface area contributed by atoms with Crippen LogP contribution in [0.25, 0.3) is 0 Å². The van der Waals surface area contributed by atoms with E-state index >= 15 is 0 Å². The van der Waals surface area contributed by atoms with Gasteiger partial charge in [-0.3, -0.25) is 4.21 Å². The summed E-state index contributed by atoms with van der Waals surface area (Å²) >= 11 is 1.71. The fourth-order valence-electron chi connectivity index (χ4n) is 9.10. The zero-order valence-corrected chi connectivity index (χ0v) is 28.1. The molecule has 1 aromatic carbocycles. The number of hydrogen-bond acceptors (Lipinski definition) is 6. The molecule has 4 aliphatic rings. The summed E-state index contributed by atoms with van der Waals surface area (Å²) in [4.78, 5) is 16.2. The number of carbonyl (C=O) groups is 1. The minimum atomic E-state index is -5.60. The molecule has 1 amide bonds. The third-order valence-electron chi connectivity index (χ3n) is 11.5. The molecule has 47 heavy (non-hydrogen) atoms. The third kappa shape index (κ3) is 7.01. The number of amides is 1. The molecule has 2 N–H and O–H groups in total. The van der Waals surface area contributed by atoms with Crippen LogP contribution in [0.2, 0.25) is 0 Å². The topological polar surface area (TPSA) is 78.9 Å². The van der Waals surface area contributed by atoms with Crippen molar-refractivity contribution < 1.29 is 40.9 Å². The Hall–Kier alpha value is -2.09. The van der Waals surface area contributed by atoms with Crippen LogP contribution < -0.4 is 10.2 Å². The smallest absolute Gasteiger partial charge is 0.410 e. The van der Waals surface area contributed by atoms with Gasteiger partial charge in [-0.25, -0.2) is 10.3 Å². The summed E-state index contributed by atoms with van der Waals surface area (Å²) in [6.07, 6.45) is -1.11. The van der Waals surface area contributed by atoms with Gasteiger partial charge in [0.2, 0.25) is 0 Å². The molecule has 0 bridgehead atoms. The van der Waals surface area contributed by atoms with Gasteiger partial charge in [0.15, 0.2) is 0 Å².